The van der Waals surface area contributed by atoms with Crippen molar-refractivity contribution in [2.75, 3.05) is 5.32 Å². The molecule has 0 spiro atoms. The molecular formula is C24H20FN5O2. The predicted molar refractivity (Wildman–Crippen MR) is 116 cm³/mol. The van der Waals surface area contributed by atoms with Crippen LogP contribution in [-0.4, -0.2) is 25.7 Å². The molecule has 0 saturated heterocycles. The van der Waals surface area contributed by atoms with Gasteiger partial charge in [0.2, 0.25) is 0 Å². The van der Waals surface area contributed by atoms with Crippen molar-refractivity contribution in [1.82, 2.24) is 19.7 Å². The molecule has 8 heteroatoms. The first-order chi connectivity index (χ1) is 15.7. The number of fused-ring (bicyclic) bond motifs is 1. The molecule has 1 aromatic carbocycles. The zero-order valence-corrected chi connectivity index (χ0v) is 17.2. The van der Waals surface area contributed by atoms with E-state index in [4.69, 9.17) is 4.74 Å². The van der Waals surface area contributed by atoms with Gasteiger partial charge in [-0.1, -0.05) is 12.1 Å². The number of pyridine rings is 2. The fourth-order valence-corrected chi connectivity index (χ4v) is 3.85. The number of halogens is 1. The Bertz CT molecular complexity index is 1270. The molecule has 1 aliphatic rings. The molecule has 7 nitrogen and oxygen atoms in total. The lowest BCUT2D eigenvalue weighted by Crippen LogP contribution is -2.16. The van der Waals surface area contributed by atoms with Crippen LogP contribution in [0.2, 0.25) is 0 Å². The van der Waals surface area contributed by atoms with Gasteiger partial charge in [0.25, 0.3) is 5.91 Å². The summed E-state index contributed by atoms with van der Waals surface area (Å²) in [6, 6.07) is 13.6. The minimum absolute atomic E-state index is 0.284. The largest absolute Gasteiger partial charge is 0.485 e. The fraction of sp³-hybridized carbons (Fsp3) is 0.167. The number of anilines is 1. The Morgan fingerprint density at radius 1 is 1.06 bits per heavy atom. The van der Waals surface area contributed by atoms with E-state index in [2.05, 4.69) is 20.4 Å². The van der Waals surface area contributed by atoms with Gasteiger partial charge in [0, 0.05) is 29.8 Å². The third kappa shape index (κ3) is 3.82. The van der Waals surface area contributed by atoms with Crippen molar-refractivity contribution in [3.63, 3.8) is 0 Å². The van der Waals surface area contributed by atoms with Crippen LogP contribution in [-0.2, 0) is 19.4 Å². The van der Waals surface area contributed by atoms with Gasteiger partial charge in [-0.2, -0.15) is 5.10 Å². The Labute approximate surface area is 183 Å². The van der Waals surface area contributed by atoms with Crippen LogP contribution < -0.4 is 10.1 Å². The van der Waals surface area contributed by atoms with Crippen molar-refractivity contribution in [3.05, 3.63) is 95.5 Å². The summed E-state index contributed by atoms with van der Waals surface area (Å²) in [5.41, 5.74) is 3.29. The topological polar surface area (TPSA) is 81.9 Å². The lowest BCUT2D eigenvalue weighted by molar-refractivity contribution is 0.102. The average Bonchev–Trinajstić information content (AvgIpc) is 3.43. The van der Waals surface area contributed by atoms with E-state index >= 15 is 0 Å². The lowest BCUT2D eigenvalue weighted by atomic mass is 10.2. The second-order valence-electron chi connectivity index (χ2n) is 7.44. The van der Waals surface area contributed by atoms with Crippen molar-refractivity contribution >= 4 is 11.7 Å². The first kappa shape index (κ1) is 19.9. The number of rotatable bonds is 6. The van der Waals surface area contributed by atoms with E-state index < -0.39 is 5.91 Å². The molecule has 0 bridgehead atoms. The number of nitrogens with one attached hydrogen (secondary N) is 1. The summed E-state index contributed by atoms with van der Waals surface area (Å²) in [4.78, 5) is 21.4. The maximum Gasteiger partial charge on any atom is 0.277 e. The molecule has 160 valence electrons. The zero-order valence-electron chi connectivity index (χ0n) is 17.2. The predicted octanol–water partition coefficient (Wildman–Crippen LogP) is 4.12. The fourth-order valence-electron chi connectivity index (χ4n) is 3.85. The maximum atomic E-state index is 14.4. The van der Waals surface area contributed by atoms with Crippen LogP contribution in [0.25, 0.3) is 5.69 Å². The normalized spacial score (nSPS) is 12.4. The molecule has 0 radical (unpaired) electrons. The number of para-hydroxylation sites is 1. The number of aromatic nitrogens is 4. The summed E-state index contributed by atoms with van der Waals surface area (Å²) >= 11 is 0. The first-order valence-corrected chi connectivity index (χ1v) is 10.3. The van der Waals surface area contributed by atoms with Crippen LogP contribution >= 0.6 is 0 Å². The summed E-state index contributed by atoms with van der Waals surface area (Å²) in [5.74, 6) is -0.0273. The highest BCUT2D eigenvalue weighted by atomic mass is 19.1. The number of hydrogen-bond donors (Lipinski definition) is 1. The number of carbonyl (C=O) groups excluding carboxylic acids is 1. The van der Waals surface area contributed by atoms with E-state index in [1.54, 1.807) is 53.6 Å². The number of nitrogens with zero attached hydrogens (tertiary/aromatic N) is 4. The number of amides is 1. The highest BCUT2D eigenvalue weighted by Gasteiger charge is 2.28. The molecule has 5 rings (SSSR count). The van der Waals surface area contributed by atoms with Gasteiger partial charge >= 0.3 is 0 Å². The van der Waals surface area contributed by atoms with Gasteiger partial charge in [-0.05, 0) is 61.2 Å². The van der Waals surface area contributed by atoms with E-state index in [1.165, 1.54) is 6.07 Å². The Kier molecular flexibility index (Phi) is 5.33. The molecule has 0 atom stereocenters. The SMILES string of the molecule is O=C(Nc1ncccc1OCc1ccncc1)c1nn(-c2ccccc2F)c2c1CCC2. The van der Waals surface area contributed by atoms with Gasteiger partial charge in [-0.15, -0.1) is 0 Å². The summed E-state index contributed by atoms with van der Waals surface area (Å²) in [7, 11) is 0. The molecule has 4 aromatic rings. The van der Waals surface area contributed by atoms with Gasteiger partial charge < -0.3 is 10.1 Å². The third-order valence-electron chi connectivity index (χ3n) is 5.37. The molecule has 0 aliphatic heterocycles. The zero-order chi connectivity index (χ0) is 21.9. The highest BCUT2D eigenvalue weighted by Crippen LogP contribution is 2.30. The minimum Gasteiger partial charge on any atom is -0.485 e. The molecule has 0 fully saturated rings. The summed E-state index contributed by atoms with van der Waals surface area (Å²) in [6.45, 7) is 0.314. The Balaban J connectivity index is 1.41. The van der Waals surface area contributed by atoms with E-state index in [0.29, 0.717) is 23.9 Å². The standard InChI is InChI=1S/C24H20FN5O2/c25-18-6-1-2-7-20(18)30-19-8-3-5-17(19)22(29-30)24(31)28-23-21(9-4-12-27-23)32-15-16-10-13-26-14-11-16/h1-2,4,6-7,9-14H,3,5,8,15H2,(H,27,28,31). The van der Waals surface area contributed by atoms with Gasteiger partial charge in [0.15, 0.2) is 17.3 Å². The van der Waals surface area contributed by atoms with E-state index in [9.17, 15) is 9.18 Å². The highest BCUT2D eigenvalue weighted by molar-refractivity contribution is 6.04. The molecule has 1 N–H and O–H groups in total. The third-order valence-corrected chi connectivity index (χ3v) is 5.37. The quantitative estimate of drug-likeness (QED) is 0.499. The van der Waals surface area contributed by atoms with Crippen LogP contribution in [0.15, 0.2) is 67.1 Å². The Morgan fingerprint density at radius 2 is 1.91 bits per heavy atom. The van der Waals surface area contributed by atoms with Gasteiger partial charge in [-0.3, -0.25) is 9.78 Å². The summed E-state index contributed by atoms with van der Waals surface area (Å²) in [6.07, 6.45) is 7.32. The summed E-state index contributed by atoms with van der Waals surface area (Å²) in [5, 5.41) is 7.29. The number of benzene rings is 1. The van der Waals surface area contributed by atoms with Crippen LogP contribution in [0.5, 0.6) is 5.75 Å². The molecule has 3 heterocycles. The minimum atomic E-state index is -0.397. The Hall–Kier alpha value is -4.07. The van der Waals surface area contributed by atoms with Crippen LogP contribution in [0.3, 0.4) is 0 Å². The van der Waals surface area contributed by atoms with Crippen LogP contribution in [0.1, 0.15) is 33.7 Å². The molecule has 32 heavy (non-hydrogen) atoms. The Morgan fingerprint density at radius 3 is 2.75 bits per heavy atom. The van der Waals surface area contributed by atoms with Crippen LogP contribution in [0, 0.1) is 5.82 Å². The maximum absolute atomic E-state index is 14.4. The van der Waals surface area contributed by atoms with Crippen molar-refractivity contribution in [2.45, 2.75) is 25.9 Å². The number of carbonyl (C=O) groups is 1. The van der Waals surface area contributed by atoms with Crippen molar-refractivity contribution in [1.29, 1.82) is 0 Å². The van der Waals surface area contributed by atoms with Crippen molar-refractivity contribution < 1.29 is 13.9 Å². The van der Waals surface area contributed by atoms with Gasteiger partial charge in [-0.25, -0.2) is 14.1 Å². The van der Waals surface area contributed by atoms with E-state index in [1.807, 2.05) is 12.1 Å². The monoisotopic (exact) mass is 429 g/mol. The summed E-state index contributed by atoms with van der Waals surface area (Å²) < 4.78 is 21.8. The molecular weight excluding hydrogens is 409 g/mol. The second kappa shape index (κ2) is 8.58. The van der Waals surface area contributed by atoms with Gasteiger partial charge in [0.05, 0.1) is 0 Å². The van der Waals surface area contributed by atoms with Crippen molar-refractivity contribution in [2.24, 2.45) is 0 Å². The molecule has 0 unspecified atom stereocenters. The number of hydrogen-bond acceptors (Lipinski definition) is 5. The molecule has 1 aliphatic carbocycles. The molecule has 0 saturated carbocycles. The molecule has 3 aromatic heterocycles. The smallest absolute Gasteiger partial charge is 0.277 e. The van der Waals surface area contributed by atoms with Crippen LogP contribution in [0.4, 0.5) is 10.2 Å². The second-order valence-corrected chi connectivity index (χ2v) is 7.44. The lowest BCUT2D eigenvalue weighted by Gasteiger charge is -2.11. The molecule has 1 amide bonds. The number of ether oxygens (including phenoxy) is 1. The van der Waals surface area contributed by atoms with Crippen molar-refractivity contribution in [3.8, 4) is 11.4 Å². The van der Waals surface area contributed by atoms with E-state index in [-0.39, 0.29) is 11.5 Å². The van der Waals surface area contributed by atoms with E-state index in [0.717, 1.165) is 36.1 Å². The first-order valence-electron chi connectivity index (χ1n) is 10.3. The van der Waals surface area contributed by atoms with Gasteiger partial charge in [0.1, 0.15) is 18.1 Å². The average molecular weight is 429 g/mol.